The standard InChI is InChI=1S/C15H14ClNO3/c1-19-10-12-7-13(16)8-17-14(12)15(18)20-9-11-5-3-2-4-6-11/h2-8H,9-10H2,1H3/i1D3. The maximum atomic E-state index is 12.2. The second-order valence-electron chi connectivity index (χ2n) is 4.01. The van der Waals surface area contributed by atoms with Gasteiger partial charge in [0, 0.05) is 18.8 Å². The molecule has 0 unspecified atom stereocenters. The highest BCUT2D eigenvalue weighted by molar-refractivity contribution is 6.30. The molecule has 0 aliphatic carbocycles. The highest BCUT2D eigenvalue weighted by atomic mass is 35.5. The van der Waals surface area contributed by atoms with Crippen LogP contribution in [0.3, 0.4) is 0 Å². The van der Waals surface area contributed by atoms with Crippen LogP contribution in [0, 0.1) is 0 Å². The Morgan fingerprint density at radius 1 is 1.35 bits per heavy atom. The topological polar surface area (TPSA) is 48.4 Å². The number of hydrogen-bond donors (Lipinski definition) is 0. The van der Waals surface area contributed by atoms with E-state index in [1.54, 1.807) is 0 Å². The summed E-state index contributed by atoms with van der Waals surface area (Å²) in [4.78, 5) is 16.1. The molecule has 0 aliphatic heterocycles. The first kappa shape index (κ1) is 10.8. The Morgan fingerprint density at radius 3 is 2.90 bits per heavy atom. The van der Waals surface area contributed by atoms with Gasteiger partial charge in [-0.2, -0.15) is 0 Å². The van der Waals surface area contributed by atoms with Crippen molar-refractivity contribution in [2.24, 2.45) is 0 Å². The molecule has 2 aromatic rings. The lowest BCUT2D eigenvalue weighted by Crippen LogP contribution is -2.11. The number of nitrogens with zero attached hydrogens (tertiary/aromatic N) is 1. The molecular weight excluding hydrogens is 278 g/mol. The van der Waals surface area contributed by atoms with Gasteiger partial charge >= 0.3 is 5.97 Å². The van der Waals surface area contributed by atoms with Gasteiger partial charge in [0.15, 0.2) is 5.69 Å². The van der Waals surface area contributed by atoms with Crippen molar-refractivity contribution < 1.29 is 18.4 Å². The minimum absolute atomic E-state index is 0.0189. The van der Waals surface area contributed by atoms with Gasteiger partial charge in [-0.25, -0.2) is 9.78 Å². The number of pyridine rings is 1. The molecule has 0 fully saturated rings. The van der Waals surface area contributed by atoms with Crippen LogP contribution in [0.4, 0.5) is 0 Å². The summed E-state index contributed by atoms with van der Waals surface area (Å²) < 4.78 is 31.0. The average molecular weight is 295 g/mol. The second-order valence-corrected chi connectivity index (χ2v) is 4.45. The lowest BCUT2D eigenvalue weighted by Gasteiger charge is -2.08. The van der Waals surface area contributed by atoms with E-state index in [0.29, 0.717) is 0 Å². The number of carbonyl (C=O) groups is 1. The third-order valence-electron chi connectivity index (χ3n) is 2.57. The number of ether oxygens (including phenoxy) is 2. The van der Waals surface area contributed by atoms with Crippen LogP contribution in [0.2, 0.25) is 5.02 Å². The molecular formula is C15H14ClNO3. The Bertz CT molecular complexity index is 677. The summed E-state index contributed by atoms with van der Waals surface area (Å²) in [7, 11) is -2.58. The fourth-order valence-electron chi connectivity index (χ4n) is 1.64. The number of aromatic nitrogens is 1. The lowest BCUT2D eigenvalue weighted by molar-refractivity contribution is 0.0460. The van der Waals surface area contributed by atoms with Gasteiger partial charge in [-0.3, -0.25) is 0 Å². The monoisotopic (exact) mass is 294 g/mol. The number of carbonyl (C=O) groups excluding carboxylic acids is 1. The van der Waals surface area contributed by atoms with Crippen molar-refractivity contribution >= 4 is 17.6 Å². The Morgan fingerprint density at radius 2 is 2.15 bits per heavy atom. The van der Waals surface area contributed by atoms with E-state index in [-0.39, 0.29) is 29.5 Å². The summed E-state index contributed by atoms with van der Waals surface area (Å²) in [6.07, 6.45) is 1.29. The number of benzene rings is 1. The molecule has 1 aromatic carbocycles. The molecule has 0 atom stereocenters. The Hall–Kier alpha value is -1.91. The minimum atomic E-state index is -2.58. The summed E-state index contributed by atoms with van der Waals surface area (Å²) in [5.41, 5.74) is 1.07. The summed E-state index contributed by atoms with van der Waals surface area (Å²) in [5.74, 6) is -0.672. The normalized spacial score (nSPS) is 13.2. The first-order chi connectivity index (χ1) is 10.8. The number of methoxy groups -OCH3 is 1. The van der Waals surface area contributed by atoms with Gasteiger partial charge in [0.2, 0.25) is 0 Å². The number of esters is 1. The van der Waals surface area contributed by atoms with Crippen LogP contribution >= 0.6 is 11.6 Å². The van der Waals surface area contributed by atoms with E-state index in [9.17, 15) is 4.79 Å². The van der Waals surface area contributed by atoms with E-state index in [1.807, 2.05) is 30.3 Å². The smallest absolute Gasteiger partial charge is 0.357 e. The average Bonchev–Trinajstić information content (AvgIpc) is 2.51. The molecule has 0 radical (unpaired) electrons. The molecule has 0 aliphatic rings. The molecule has 1 heterocycles. The van der Waals surface area contributed by atoms with Crippen molar-refractivity contribution in [1.29, 1.82) is 0 Å². The van der Waals surface area contributed by atoms with E-state index in [1.165, 1.54) is 12.3 Å². The molecule has 0 saturated carbocycles. The number of rotatable bonds is 5. The van der Waals surface area contributed by atoms with Gasteiger partial charge in [0.05, 0.1) is 15.7 Å². The van der Waals surface area contributed by atoms with E-state index < -0.39 is 13.0 Å². The van der Waals surface area contributed by atoms with E-state index in [0.717, 1.165) is 5.56 Å². The van der Waals surface area contributed by atoms with Crippen LogP contribution in [0.5, 0.6) is 0 Å². The third-order valence-corrected chi connectivity index (χ3v) is 2.77. The van der Waals surface area contributed by atoms with Crippen molar-refractivity contribution in [1.82, 2.24) is 4.98 Å². The maximum Gasteiger partial charge on any atom is 0.357 e. The van der Waals surface area contributed by atoms with E-state index in [4.69, 9.17) is 25.2 Å². The number of hydrogen-bond acceptors (Lipinski definition) is 4. The highest BCUT2D eigenvalue weighted by Gasteiger charge is 2.15. The predicted octanol–water partition coefficient (Wildman–Crippen LogP) is 3.24. The Kier molecular flexibility index (Phi) is 3.80. The maximum absolute atomic E-state index is 12.2. The highest BCUT2D eigenvalue weighted by Crippen LogP contribution is 2.16. The van der Waals surface area contributed by atoms with Crippen molar-refractivity contribution in [2.45, 2.75) is 13.2 Å². The molecule has 1 aromatic heterocycles. The van der Waals surface area contributed by atoms with Crippen LogP contribution in [-0.2, 0) is 22.7 Å². The molecule has 104 valence electrons. The molecule has 0 saturated heterocycles. The van der Waals surface area contributed by atoms with Gasteiger partial charge in [-0.05, 0) is 11.6 Å². The number of halogens is 1. The molecule has 4 nitrogen and oxygen atoms in total. The third kappa shape index (κ3) is 3.79. The van der Waals surface area contributed by atoms with Gasteiger partial charge in [-0.1, -0.05) is 41.9 Å². The molecule has 20 heavy (non-hydrogen) atoms. The van der Waals surface area contributed by atoms with Crippen LogP contribution in [0.1, 0.15) is 25.7 Å². The van der Waals surface area contributed by atoms with Crippen molar-refractivity contribution in [3.63, 3.8) is 0 Å². The molecule has 5 heteroatoms. The first-order valence-corrected chi connectivity index (χ1v) is 6.22. The lowest BCUT2D eigenvalue weighted by atomic mass is 10.2. The Balaban J connectivity index is 2.09. The first-order valence-electron chi connectivity index (χ1n) is 7.34. The minimum Gasteiger partial charge on any atom is -0.456 e. The van der Waals surface area contributed by atoms with Gasteiger partial charge in [0.25, 0.3) is 0 Å². The summed E-state index contributed by atoms with van der Waals surface area (Å²) in [6.45, 7) is -0.233. The summed E-state index contributed by atoms with van der Waals surface area (Å²) in [5, 5.41) is 0.272. The molecule has 0 spiro atoms. The van der Waals surface area contributed by atoms with Gasteiger partial charge in [0.1, 0.15) is 6.61 Å². The fourth-order valence-corrected chi connectivity index (χ4v) is 1.82. The van der Waals surface area contributed by atoms with Gasteiger partial charge in [-0.15, -0.1) is 0 Å². The zero-order valence-corrected chi connectivity index (χ0v) is 11.3. The molecule has 0 N–H and O–H groups in total. The molecule has 2 rings (SSSR count). The second kappa shape index (κ2) is 7.03. The van der Waals surface area contributed by atoms with Crippen LogP contribution in [-0.4, -0.2) is 18.0 Å². The van der Waals surface area contributed by atoms with Crippen molar-refractivity contribution in [3.05, 3.63) is 64.4 Å². The largest absolute Gasteiger partial charge is 0.456 e. The SMILES string of the molecule is [2H]C([2H])([2H])OCc1cc(Cl)cnc1C(=O)OCc1ccccc1. The van der Waals surface area contributed by atoms with E-state index in [2.05, 4.69) is 4.98 Å². The fraction of sp³-hybridized carbons (Fsp3) is 0.200. The summed E-state index contributed by atoms with van der Waals surface area (Å²) >= 11 is 5.83. The zero-order chi connectivity index (χ0) is 16.9. The van der Waals surface area contributed by atoms with Crippen molar-refractivity contribution in [3.8, 4) is 0 Å². The van der Waals surface area contributed by atoms with Gasteiger partial charge < -0.3 is 9.47 Å². The van der Waals surface area contributed by atoms with Crippen LogP contribution in [0.25, 0.3) is 0 Å². The van der Waals surface area contributed by atoms with E-state index >= 15 is 0 Å². The molecule has 0 amide bonds. The van der Waals surface area contributed by atoms with Crippen molar-refractivity contribution in [2.75, 3.05) is 7.04 Å². The van der Waals surface area contributed by atoms with Crippen LogP contribution in [0.15, 0.2) is 42.6 Å². The zero-order valence-electron chi connectivity index (χ0n) is 13.5. The summed E-state index contributed by atoms with van der Waals surface area (Å²) in [6, 6.07) is 10.6. The van der Waals surface area contributed by atoms with Crippen LogP contribution < -0.4 is 0 Å². The predicted molar refractivity (Wildman–Crippen MR) is 75.5 cm³/mol. The quantitative estimate of drug-likeness (QED) is 0.794. The Labute approximate surface area is 126 Å². The molecule has 0 bridgehead atoms.